The van der Waals surface area contributed by atoms with Crippen LogP contribution in [-0.2, 0) is 0 Å². The van der Waals surface area contributed by atoms with Gasteiger partial charge in [-0.25, -0.2) is 0 Å². The number of nitrogens with one attached hydrogen (secondary N) is 1. The van der Waals surface area contributed by atoms with Crippen molar-refractivity contribution in [1.29, 1.82) is 0 Å². The van der Waals surface area contributed by atoms with Gasteiger partial charge in [-0.2, -0.15) is 0 Å². The molecular formula is C17H12ClNS. The average Bonchev–Trinajstić information content (AvgIpc) is 2.92. The number of thioether (sulfide) groups is 1. The van der Waals surface area contributed by atoms with Gasteiger partial charge < -0.3 is 5.32 Å². The largest absolute Gasteiger partial charge is 0.368 e. The number of anilines is 1. The smallest absolute Gasteiger partial charge is 0.103 e. The number of rotatable bonds is 1. The van der Waals surface area contributed by atoms with E-state index in [4.69, 9.17) is 11.6 Å². The van der Waals surface area contributed by atoms with Gasteiger partial charge in [-0.1, -0.05) is 65.8 Å². The molecule has 0 radical (unpaired) electrons. The molecule has 0 saturated heterocycles. The summed E-state index contributed by atoms with van der Waals surface area (Å²) in [4.78, 5) is 1.30. The summed E-state index contributed by atoms with van der Waals surface area (Å²) in [6.45, 7) is 0. The van der Waals surface area contributed by atoms with E-state index < -0.39 is 0 Å². The van der Waals surface area contributed by atoms with Crippen LogP contribution in [-0.4, -0.2) is 0 Å². The molecular weight excluding hydrogens is 286 g/mol. The quantitative estimate of drug-likeness (QED) is 0.617. The van der Waals surface area contributed by atoms with Crippen molar-refractivity contribution < 1.29 is 0 Å². The summed E-state index contributed by atoms with van der Waals surface area (Å²) in [6, 6.07) is 20.9. The fourth-order valence-corrected chi connectivity index (χ4v) is 3.93. The minimum atomic E-state index is 0.285. The lowest BCUT2D eigenvalue weighted by Gasteiger charge is -2.11. The lowest BCUT2D eigenvalue weighted by Crippen LogP contribution is -2.00. The predicted molar refractivity (Wildman–Crippen MR) is 87.6 cm³/mol. The summed E-state index contributed by atoms with van der Waals surface area (Å²) in [5, 5.41) is 7.11. The second kappa shape index (κ2) is 4.72. The summed E-state index contributed by atoms with van der Waals surface area (Å²) in [6.07, 6.45) is 0. The fourth-order valence-electron chi connectivity index (χ4n) is 2.59. The molecule has 0 saturated carbocycles. The van der Waals surface area contributed by atoms with Gasteiger partial charge in [0.1, 0.15) is 5.37 Å². The zero-order valence-corrected chi connectivity index (χ0v) is 12.2. The van der Waals surface area contributed by atoms with Crippen LogP contribution in [0.15, 0.2) is 65.6 Å². The maximum absolute atomic E-state index is 6.07. The van der Waals surface area contributed by atoms with Crippen LogP contribution in [0, 0.1) is 0 Å². The molecule has 1 nitrogen and oxygen atoms in total. The standard InChI is InChI=1S/C17H12ClNS/c18-13-7-8-14-12(10-13)6-9-15-16(14)19-17(20-15)11-4-2-1-3-5-11/h1-10,17,19H. The fraction of sp³-hybridized carbons (Fsp3) is 0.0588. The van der Waals surface area contributed by atoms with Gasteiger partial charge in [0.2, 0.25) is 0 Å². The molecule has 98 valence electrons. The van der Waals surface area contributed by atoms with Gasteiger partial charge in [0.05, 0.1) is 5.69 Å². The number of benzene rings is 3. The lowest BCUT2D eigenvalue weighted by atomic mass is 10.1. The van der Waals surface area contributed by atoms with E-state index in [1.54, 1.807) is 0 Å². The third-order valence-corrected chi connectivity index (χ3v) is 5.02. The van der Waals surface area contributed by atoms with Crippen LogP contribution >= 0.6 is 23.4 Å². The van der Waals surface area contributed by atoms with Crippen molar-refractivity contribution in [2.45, 2.75) is 10.3 Å². The molecule has 3 aromatic rings. The first-order valence-corrected chi connectivity index (χ1v) is 7.77. The summed E-state index contributed by atoms with van der Waals surface area (Å²) >= 11 is 7.93. The Labute approximate surface area is 127 Å². The number of fused-ring (bicyclic) bond motifs is 3. The summed E-state index contributed by atoms with van der Waals surface area (Å²) in [5.74, 6) is 0. The van der Waals surface area contributed by atoms with Crippen molar-refractivity contribution in [3.05, 3.63) is 71.2 Å². The summed E-state index contributed by atoms with van der Waals surface area (Å²) in [7, 11) is 0. The van der Waals surface area contributed by atoms with Gasteiger partial charge in [-0.3, -0.25) is 0 Å². The minimum Gasteiger partial charge on any atom is -0.368 e. The zero-order chi connectivity index (χ0) is 13.5. The third kappa shape index (κ3) is 1.96. The van der Waals surface area contributed by atoms with Crippen LogP contribution < -0.4 is 5.32 Å². The van der Waals surface area contributed by atoms with Gasteiger partial charge >= 0.3 is 0 Å². The molecule has 1 aliphatic heterocycles. The molecule has 1 aliphatic rings. The molecule has 0 amide bonds. The highest BCUT2D eigenvalue weighted by molar-refractivity contribution is 8.00. The van der Waals surface area contributed by atoms with Crippen molar-refractivity contribution in [2.75, 3.05) is 5.32 Å². The van der Waals surface area contributed by atoms with E-state index in [9.17, 15) is 0 Å². The number of hydrogen-bond acceptors (Lipinski definition) is 2. The van der Waals surface area contributed by atoms with Gasteiger partial charge in [0.25, 0.3) is 0 Å². The molecule has 0 bridgehead atoms. The van der Waals surface area contributed by atoms with Crippen molar-refractivity contribution >= 4 is 39.8 Å². The Balaban J connectivity index is 1.80. The molecule has 0 aliphatic carbocycles. The van der Waals surface area contributed by atoms with Crippen molar-refractivity contribution in [2.24, 2.45) is 0 Å². The van der Waals surface area contributed by atoms with E-state index in [2.05, 4.69) is 47.8 Å². The van der Waals surface area contributed by atoms with Crippen LogP contribution in [0.25, 0.3) is 10.8 Å². The van der Waals surface area contributed by atoms with Crippen LogP contribution in [0.5, 0.6) is 0 Å². The van der Waals surface area contributed by atoms with Crippen molar-refractivity contribution in [1.82, 2.24) is 0 Å². The van der Waals surface area contributed by atoms with Gasteiger partial charge in [0.15, 0.2) is 0 Å². The first-order chi connectivity index (χ1) is 9.81. The van der Waals surface area contributed by atoms with E-state index in [0.29, 0.717) is 0 Å². The third-order valence-electron chi connectivity index (χ3n) is 3.57. The maximum Gasteiger partial charge on any atom is 0.103 e. The highest BCUT2D eigenvalue weighted by Crippen LogP contribution is 2.49. The molecule has 1 N–H and O–H groups in total. The second-order valence-electron chi connectivity index (χ2n) is 4.86. The molecule has 0 spiro atoms. The molecule has 3 heteroatoms. The SMILES string of the molecule is Clc1ccc2c3c(ccc2c1)SC(c1ccccc1)N3. The Morgan fingerprint density at radius 3 is 2.65 bits per heavy atom. The van der Waals surface area contributed by atoms with E-state index in [0.717, 1.165) is 5.02 Å². The molecule has 1 heterocycles. The topological polar surface area (TPSA) is 12.0 Å². The Morgan fingerprint density at radius 2 is 1.80 bits per heavy atom. The molecule has 1 unspecified atom stereocenters. The van der Waals surface area contributed by atoms with Crippen LogP contribution in [0.2, 0.25) is 5.02 Å². The predicted octanol–water partition coefficient (Wildman–Crippen LogP) is 5.71. The van der Waals surface area contributed by atoms with E-state index in [-0.39, 0.29) is 5.37 Å². The molecule has 20 heavy (non-hydrogen) atoms. The van der Waals surface area contributed by atoms with Gasteiger partial charge in [-0.15, -0.1) is 0 Å². The molecule has 3 aromatic carbocycles. The summed E-state index contributed by atoms with van der Waals surface area (Å²) in [5.41, 5.74) is 2.52. The first-order valence-electron chi connectivity index (χ1n) is 6.52. The van der Waals surface area contributed by atoms with Crippen LogP contribution in [0.1, 0.15) is 10.9 Å². The normalized spacial score (nSPS) is 16.9. The highest BCUT2D eigenvalue weighted by Gasteiger charge is 2.24. The van der Waals surface area contributed by atoms with Crippen molar-refractivity contribution in [3.63, 3.8) is 0 Å². The Morgan fingerprint density at radius 1 is 0.950 bits per heavy atom. The molecule has 0 fully saturated rings. The Kier molecular flexibility index (Phi) is 2.86. The zero-order valence-electron chi connectivity index (χ0n) is 10.6. The van der Waals surface area contributed by atoms with E-state index >= 15 is 0 Å². The molecule has 0 aromatic heterocycles. The number of halogens is 1. The Bertz CT molecular complexity index is 786. The minimum absolute atomic E-state index is 0.285. The Hall–Kier alpha value is -1.64. The second-order valence-corrected chi connectivity index (χ2v) is 6.44. The molecule has 1 atom stereocenters. The average molecular weight is 298 g/mol. The van der Waals surface area contributed by atoms with Crippen molar-refractivity contribution in [3.8, 4) is 0 Å². The summed E-state index contributed by atoms with van der Waals surface area (Å²) < 4.78 is 0. The monoisotopic (exact) mass is 297 g/mol. The maximum atomic E-state index is 6.07. The lowest BCUT2D eigenvalue weighted by molar-refractivity contribution is 1.14. The first kappa shape index (κ1) is 12.1. The van der Waals surface area contributed by atoms with Crippen LogP contribution in [0.4, 0.5) is 5.69 Å². The van der Waals surface area contributed by atoms with Gasteiger partial charge in [-0.05, 0) is 29.1 Å². The van der Waals surface area contributed by atoms with E-state index in [1.165, 1.54) is 26.9 Å². The molecule has 4 rings (SSSR count). The number of hydrogen-bond donors (Lipinski definition) is 1. The van der Waals surface area contributed by atoms with Crippen LogP contribution in [0.3, 0.4) is 0 Å². The highest BCUT2D eigenvalue weighted by atomic mass is 35.5. The van der Waals surface area contributed by atoms with E-state index in [1.807, 2.05) is 30.0 Å². The van der Waals surface area contributed by atoms with Gasteiger partial charge in [0, 0.05) is 15.3 Å².